The third kappa shape index (κ3) is 2.71. The van der Waals surface area contributed by atoms with E-state index in [2.05, 4.69) is 29.6 Å². The lowest BCUT2D eigenvalue weighted by molar-refractivity contribution is -0.129. The predicted molar refractivity (Wildman–Crippen MR) is 116 cm³/mol. The molecule has 7 atom stereocenters. The van der Waals surface area contributed by atoms with Crippen LogP contribution in [-0.4, -0.2) is 47.6 Å². The predicted octanol–water partition coefficient (Wildman–Crippen LogP) is 3.18. The second-order valence-electron chi connectivity index (χ2n) is 10.8. The number of ether oxygens (including phenoxy) is 1. The maximum atomic E-state index is 13.4. The van der Waals surface area contributed by atoms with Crippen molar-refractivity contribution in [3.8, 4) is 0 Å². The first kappa shape index (κ1) is 18.4. The van der Waals surface area contributed by atoms with Crippen molar-refractivity contribution >= 4 is 17.9 Å². The summed E-state index contributed by atoms with van der Waals surface area (Å²) < 4.78 is 6.07. The molecule has 3 saturated heterocycles. The zero-order valence-corrected chi connectivity index (χ0v) is 17.9. The Hall–Kier alpha value is -2.14. The van der Waals surface area contributed by atoms with Gasteiger partial charge in [-0.2, -0.15) is 0 Å². The van der Waals surface area contributed by atoms with Crippen LogP contribution in [0.2, 0.25) is 0 Å². The molecule has 1 aromatic rings. The van der Waals surface area contributed by atoms with E-state index in [9.17, 15) is 9.59 Å². The van der Waals surface area contributed by atoms with E-state index in [0.29, 0.717) is 24.5 Å². The molecule has 3 aliphatic heterocycles. The van der Waals surface area contributed by atoms with Crippen LogP contribution in [0.15, 0.2) is 24.3 Å². The molecule has 2 saturated carbocycles. The van der Waals surface area contributed by atoms with Crippen LogP contribution in [0.25, 0.3) is 6.08 Å². The first-order valence-corrected chi connectivity index (χ1v) is 12.2. The Bertz CT molecular complexity index is 1000. The summed E-state index contributed by atoms with van der Waals surface area (Å²) in [4.78, 5) is 28.7. The van der Waals surface area contributed by atoms with E-state index in [-0.39, 0.29) is 29.4 Å². The Morgan fingerprint density at radius 3 is 3.00 bits per heavy atom. The van der Waals surface area contributed by atoms with Crippen molar-refractivity contribution in [2.75, 3.05) is 13.1 Å². The van der Waals surface area contributed by atoms with Crippen LogP contribution in [0.1, 0.15) is 60.0 Å². The van der Waals surface area contributed by atoms with Gasteiger partial charge in [0, 0.05) is 24.6 Å². The number of hydrogen-bond acceptors (Lipinski definition) is 3. The van der Waals surface area contributed by atoms with E-state index >= 15 is 0 Å². The zero-order valence-electron chi connectivity index (χ0n) is 17.9. The highest BCUT2D eigenvalue weighted by Gasteiger charge is 2.64. The number of nitrogens with one attached hydrogen (secondary N) is 1. The summed E-state index contributed by atoms with van der Waals surface area (Å²) in [7, 11) is 0. The summed E-state index contributed by atoms with van der Waals surface area (Å²) in [6, 6.07) is 6.13. The molecule has 3 aliphatic carbocycles. The molecule has 5 heteroatoms. The van der Waals surface area contributed by atoms with Gasteiger partial charge < -0.3 is 15.0 Å². The van der Waals surface area contributed by atoms with Crippen molar-refractivity contribution in [1.82, 2.24) is 10.2 Å². The second-order valence-corrected chi connectivity index (χ2v) is 10.8. The van der Waals surface area contributed by atoms with Crippen LogP contribution in [0.4, 0.5) is 0 Å². The van der Waals surface area contributed by atoms with Crippen LogP contribution < -0.4 is 5.32 Å². The normalized spacial score (nSPS) is 41.1. The number of allylic oxidation sites excluding steroid dienone is 1. The highest BCUT2D eigenvalue weighted by Crippen LogP contribution is 2.60. The fourth-order valence-electron chi connectivity index (χ4n) is 7.44. The molecule has 0 aromatic heterocycles. The van der Waals surface area contributed by atoms with Crippen LogP contribution in [0, 0.1) is 23.7 Å². The Morgan fingerprint density at radius 1 is 1.19 bits per heavy atom. The fraction of sp³-hybridized carbons (Fsp3) is 0.615. The molecule has 0 unspecified atom stereocenters. The second kappa shape index (κ2) is 6.44. The van der Waals surface area contributed by atoms with E-state index in [4.69, 9.17) is 4.74 Å². The first-order chi connectivity index (χ1) is 15.1. The van der Waals surface area contributed by atoms with Gasteiger partial charge in [0.1, 0.15) is 0 Å². The fourth-order valence-corrected chi connectivity index (χ4v) is 7.44. The molecule has 2 bridgehead atoms. The number of likely N-dealkylation sites (tertiary alicyclic amines) is 1. The highest BCUT2D eigenvalue weighted by molar-refractivity contribution is 5.95. The number of benzene rings is 1. The molecule has 3 heterocycles. The Kier molecular flexibility index (Phi) is 3.83. The van der Waals surface area contributed by atoms with Gasteiger partial charge in [-0.05, 0) is 73.6 Å². The summed E-state index contributed by atoms with van der Waals surface area (Å²) in [5, 5.41) is 3.48. The molecule has 1 aromatic carbocycles. The van der Waals surface area contributed by atoms with E-state index in [1.54, 1.807) is 0 Å². The molecule has 7 rings (SSSR count). The molecular weight excluding hydrogens is 388 g/mol. The monoisotopic (exact) mass is 418 g/mol. The van der Waals surface area contributed by atoms with Gasteiger partial charge in [0.15, 0.2) is 0 Å². The number of aryl methyl sites for hydroxylation is 1. The van der Waals surface area contributed by atoms with E-state index in [1.807, 2.05) is 11.0 Å². The van der Waals surface area contributed by atoms with Crippen molar-refractivity contribution in [2.45, 2.75) is 62.7 Å². The highest BCUT2D eigenvalue weighted by atomic mass is 16.5. The van der Waals surface area contributed by atoms with Crippen molar-refractivity contribution in [3.63, 3.8) is 0 Å². The van der Waals surface area contributed by atoms with Crippen LogP contribution in [0.5, 0.6) is 0 Å². The minimum atomic E-state index is -0.242. The third-order valence-electron chi connectivity index (χ3n) is 9.14. The topological polar surface area (TPSA) is 58.6 Å². The van der Waals surface area contributed by atoms with Crippen molar-refractivity contribution in [3.05, 3.63) is 41.0 Å². The minimum absolute atomic E-state index is 0.0165. The van der Waals surface area contributed by atoms with Crippen molar-refractivity contribution < 1.29 is 14.3 Å². The zero-order chi connectivity index (χ0) is 20.7. The number of amides is 2. The molecule has 5 nitrogen and oxygen atoms in total. The molecule has 1 N–H and O–H groups in total. The van der Waals surface area contributed by atoms with E-state index in [1.165, 1.54) is 17.5 Å². The quantitative estimate of drug-likeness (QED) is 0.820. The van der Waals surface area contributed by atoms with Gasteiger partial charge in [0.2, 0.25) is 5.91 Å². The molecule has 0 spiro atoms. The number of rotatable bonds is 3. The Labute approximate surface area is 183 Å². The van der Waals surface area contributed by atoms with Gasteiger partial charge in [-0.1, -0.05) is 24.6 Å². The number of carbonyl (C=O) groups excluding carboxylic acids is 2. The van der Waals surface area contributed by atoms with Gasteiger partial charge in [-0.3, -0.25) is 9.59 Å². The SMILES string of the molecule is O=C(N[C@]12CCC[C@H]1CN(C(=O)c1ccc3c(c1)CCC=C3)C2)[C@@H]1C[C@@H]2O[C@H]1[C@H]1C[C@H]12. The summed E-state index contributed by atoms with van der Waals surface area (Å²) in [6.45, 7) is 1.40. The lowest BCUT2D eigenvalue weighted by Crippen LogP contribution is -2.55. The largest absolute Gasteiger partial charge is 0.374 e. The lowest BCUT2D eigenvalue weighted by Gasteiger charge is -2.32. The number of hydrogen-bond donors (Lipinski definition) is 1. The third-order valence-corrected chi connectivity index (χ3v) is 9.14. The van der Waals surface area contributed by atoms with Gasteiger partial charge >= 0.3 is 0 Å². The number of carbonyl (C=O) groups is 2. The minimum Gasteiger partial charge on any atom is -0.374 e. The summed E-state index contributed by atoms with van der Waals surface area (Å²) in [6.07, 6.45) is 12.2. The summed E-state index contributed by atoms with van der Waals surface area (Å²) >= 11 is 0. The molecule has 5 fully saturated rings. The number of nitrogens with zero attached hydrogens (tertiary/aromatic N) is 1. The molecular formula is C26H30N2O3. The standard InChI is InChI=1S/C26H30N2O3/c29-24(21-12-22-19-11-20(19)23(21)31-22)27-26-9-3-6-18(26)13-28(14-26)25(30)17-8-7-15-4-1-2-5-16(15)10-17/h1,4,7-8,10,18-23H,2-3,5-6,9,11-14H2,(H,27,29)/t18-,19+,20-,21+,22-,23-,26-/m0/s1. The summed E-state index contributed by atoms with van der Waals surface area (Å²) in [5.74, 6) is 2.05. The van der Waals surface area contributed by atoms with Crippen molar-refractivity contribution in [2.24, 2.45) is 23.7 Å². The lowest BCUT2D eigenvalue weighted by atomic mass is 9.85. The van der Waals surface area contributed by atoms with Crippen LogP contribution in [0.3, 0.4) is 0 Å². The smallest absolute Gasteiger partial charge is 0.253 e. The van der Waals surface area contributed by atoms with E-state index < -0.39 is 0 Å². The van der Waals surface area contributed by atoms with Gasteiger partial charge in [-0.25, -0.2) is 0 Å². The first-order valence-electron chi connectivity index (χ1n) is 12.2. The molecule has 162 valence electrons. The van der Waals surface area contributed by atoms with E-state index in [0.717, 1.165) is 56.6 Å². The molecule has 2 amide bonds. The summed E-state index contributed by atoms with van der Waals surface area (Å²) in [5.41, 5.74) is 3.05. The van der Waals surface area contributed by atoms with Gasteiger partial charge in [-0.15, -0.1) is 0 Å². The molecule has 0 radical (unpaired) electrons. The Morgan fingerprint density at radius 2 is 2.13 bits per heavy atom. The maximum Gasteiger partial charge on any atom is 0.253 e. The van der Waals surface area contributed by atoms with Gasteiger partial charge in [0.25, 0.3) is 5.91 Å². The molecule has 31 heavy (non-hydrogen) atoms. The Balaban J connectivity index is 1.09. The maximum absolute atomic E-state index is 13.4. The van der Waals surface area contributed by atoms with Gasteiger partial charge in [0.05, 0.1) is 23.7 Å². The van der Waals surface area contributed by atoms with Crippen LogP contribution in [-0.2, 0) is 16.0 Å². The van der Waals surface area contributed by atoms with Crippen molar-refractivity contribution in [1.29, 1.82) is 0 Å². The average molecular weight is 419 g/mol. The van der Waals surface area contributed by atoms with Crippen LogP contribution >= 0.6 is 0 Å². The average Bonchev–Trinajstić information content (AvgIpc) is 3.05. The number of fused-ring (bicyclic) bond motifs is 7. The molecule has 6 aliphatic rings.